The number of nitrogens with one attached hydrogen (secondary N) is 2. The van der Waals surface area contributed by atoms with E-state index in [9.17, 15) is 34.2 Å². The Morgan fingerprint density at radius 2 is 1.71 bits per heavy atom. The number of benzene rings is 2. The lowest BCUT2D eigenvalue weighted by Crippen LogP contribution is -2.59. The highest BCUT2D eigenvalue weighted by molar-refractivity contribution is 5.97. The number of pyridine rings is 1. The molecule has 1 saturated carbocycles. The van der Waals surface area contributed by atoms with Crippen LogP contribution in [0.2, 0.25) is 0 Å². The zero-order valence-corrected chi connectivity index (χ0v) is 29.6. The summed E-state index contributed by atoms with van der Waals surface area (Å²) in [5, 5.41) is 25.5. The minimum atomic E-state index is -1.54. The molecule has 2 heterocycles. The van der Waals surface area contributed by atoms with Gasteiger partial charge in [-0.05, 0) is 50.8 Å². The van der Waals surface area contributed by atoms with Crippen LogP contribution in [0.15, 0.2) is 67.3 Å². The van der Waals surface area contributed by atoms with Gasteiger partial charge in [-0.15, -0.1) is 6.58 Å². The van der Waals surface area contributed by atoms with Gasteiger partial charge in [0, 0.05) is 29.4 Å². The summed E-state index contributed by atoms with van der Waals surface area (Å²) < 4.78 is 12.0. The second-order valence-electron chi connectivity index (χ2n) is 15.1. The summed E-state index contributed by atoms with van der Waals surface area (Å²) in [6.45, 7) is 14.0. The molecule has 2 aliphatic rings. The molecule has 2 aromatic carbocycles. The number of aliphatic carboxylic acids is 1. The third-order valence-electron chi connectivity index (χ3n) is 9.03. The molecule has 0 bridgehead atoms. The monoisotopic (exact) mass is 700 g/mol. The van der Waals surface area contributed by atoms with Crippen LogP contribution in [0.1, 0.15) is 64.7 Å². The number of carbonyl (C=O) groups is 5. The largest absolute Gasteiger partial charge is 0.488 e. The Morgan fingerprint density at radius 3 is 2.27 bits per heavy atom. The molecule has 5 rings (SSSR count). The lowest BCUT2D eigenvalue weighted by atomic mass is 9.85. The Balaban J connectivity index is 1.52. The van der Waals surface area contributed by atoms with Crippen LogP contribution < -0.4 is 15.4 Å². The summed E-state index contributed by atoms with van der Waals surface area (Å²) in [5.74, 6) is -3.71. The van der Waals surface area contributed by atoms with Crippen molar-refractivity contribution in [1.29, 1.82) is 0 Å². The predicted octanol–water partition coefficient (Wildman–Crippen LogP) is 5.03. The SMILES string of the molecule is C=C[C@@H]1C[C@]1(NC(=O)[C@H]1C[C@@H](Oc2cc(-c3ccccc3)nc3cc(C(=O)O)ccc23)CN1C(=O)[C@@H](NC(=O)OC(C)(C)C)C(C)(C)C)C(=O)O. The van der Waals surface area contributed by atoms with Gasteiger partial charge in [-0.1, -0.05) is 57.2 Å². The molecular formula is C38H44N4O9. The zero-order valence-electron chi connectivity index (χ0n) is 29.6. The summed E-state index contributed by atoms with van der Waals surface area (Å²) >= 11 is 0. The Kier molecular flexibility index (Phi) is 9.88. The molecule has 270 valence electrons. The number of rotatable bonds is 10. The highest BCUT2D eigenvalue weighted by atomic mass is 16.6. The van der Waals surface area contributed by atoms with E-state index in [2.05, 4.69) is 17.2 Å². The molecular weight excluding hydrogens is 656 g/mol. The van der Waals surface area contributed by atoms with Gasteiger partial charge < -0.3 is 35.2 Å². The first-order valence-electron chi connectivity index (χ1n) is 16.7. The Morgan fingerprint density at radius 1 is 1.02 bits per heavy atom. The van der Waals surface area contributed by atoms with Crippen LogP contribution in [0.3, 0.4) is 0 Å². The van der Waals surface area contributed by atoms with Gasteiger partial charge >= 0.3 is 18.0 Å². The third kappa shape index (κ3) is 7.97. The van der Waals surface area contributed by atoms with Crippen LogP contribution in [0.25, 0.3) is 22.2 Å². The molecule has 1 aliphatic heterocycles. The van der Waals surface area contributed by atoms with Gasteiger partial charge in [0.15, 0.2) is 0 Å². The fraction of sp³-hybridized carbons (Fsp3) is 0.421. The van der Waals surface area contributed by atoms with Crippen molar-refractivity contribution in [3.8, 4) is 17.0 Å². The van der Waals surface area contributed by atoms with Crippen molar-refractivity contribution in [2.75, 3.05) is 6.54 Å². The maximum Gasteiger partial charge on any atom is 0.408 e. The van der Waals surface area contributed by atoms with E-state index in [0.717, 1.165) is 5.56 Å². The molecule has 0 unspecified atom stereocenters. The number of aromatic nitrogens is 1. The number of carboxylic acid groups (broad SMARTS) is 2. The van der Waals surface area contributed by atoms with E-state index < -0.39 is 70.5 Å². The highest BCUT2D eigenvalue weighted by Crippen LogP contribution is 2.45. The molecule has 3 amide bonds. The topological polar surface area (TPSA) is 184 Å². The first kappa shape index (κ1) is 36.8. The van der Waals surface area contributed by atoms with E-state index >= 15 is 0 Å². The number of carbonyl (C=O) groups excluding carboxylic acids is 3. The van der Waals surface area contributed by atoms with Gasteiger partial charge in [0.2, 0.25) is 11.8 Å². The van der Waals surface area contributed by atoms with E-state index in [1.165, 1.54) is 23.1 Å². The van der Waals surface area contributed by atoms with Crippen molar-refractivity contribution in [1.82, 2.24) is 20.5 Å². The Hall–Kier alpha value is -5.46. The number of hydrogen-bond donors (Lipinski definition) is 4. The molecule has 1 saturated heterocycles. The first-order valence-corrected chi connectivity index (χ1v) is 16.7. The minimum absolute atomic E-state index is 0.00692. The summed E-state index contributed by atoms with van der Waals surface area (Å²) in [6.07, 6.45) is 0.0558. The van der Waals surface area contributed by atoms with Crippen molar-refractivity contribution in [2.45, 2.75) is 83.7 Å². The van der Waals surface area contributed by atoms with Crippen molar-refractivity contribution in [3.63, 3.8) is 0 Å². The van der Waals surface area contributed by atoms with Crippen LogP contribution in [-0.4, -0.2) is 85.8 Å². The smallest absolute Gasteiger partial charge is 0.408 e. The highest BCUT2D eigenvalue weighted by Gasteiger charge is 2.61. The van der Waals surface area contributed by atoms with Crippen molar-refractivity contribution < 1.29 is 43.7 Å². The summed E-state index contributed by atoms with van der Waals surface area (Å²) in [5.41, 5.74) is -1.52. The number of likely N-dealkylation sites (tertiary alicyclic amines) is 1. The van der Waals surface area contributed by atoms with E-state index in [1.54, 1.807) is 53.7 Å². The molecule has 1 aliphatic carbocycles. The second-order valence-corrected chi connectivity index (χ2v) is 15.1. The standard InChI is InChI=1S/C38H44N4O9/c1-8-23-19-38(23,34(47)48)41-31(43)28-17-24(20-42(28)32(44)30(36(2,3)4)40-35(49)51-37(5,6)7)50-29-18-26(21-12-10-9-11-13-21)39-27-16-22(33(45)46)14-15-25(27)29/h8-16,18,23-24,28,30H,1,17,19-20H2,2-7H3,(H,40,49)(H,41,43)(H,45,46)(H,47,48)/t23-,24-,28-,30-,38-/m1/s1. The number of aromatic carboxylic acids is 1. The zero-order chi connectivity index (χ0) is 37.5. The van der Waals surface area contributed by atoms with Crippen LogP contribution in [0, 0.1) is 11.3 Å². The number of ether oxygens (including phenoxy) is 2. The van der Waals surface area contributed by atoms with Crippen molar-refractivity contribution in [3.05, 3.63) is 72.8 Å². The maximum atomic E-state index is 14.4. The average molecular weight is 701 g/mol. The summed E-state index contributed by atoms with van der Waals surface area (Å²) in [7, 11) is 0. The summed E-state index contributed by atoms with van der Waals surface area (Å²) in [6, 6.07) is 13.2. The normalized spacial score (nSPS) is 22.1. The second kappa shape index (κ2) is 13.7. The fourth-order valence-corrected chi connectivity index (χ4v) is 6.30. The van der Waals surface area contributed by atoms with Gasteiger partial charge in [-0.2, -0.15) is 0 Å². The van der Waals surface area contributed by atoms with Crippen molar-refractivity contribution >= 4 is 40.7 Å². The number of hydrogen-bond acceptors (Lipinski definition) is 8. The molecule has 3 aromatic rings. The molecule has 1 aromatic heterocycles. The van der Waals surface area contributed by atoms with E-state index in [1.807, 2.05) is 30.3 Å². The van der Waals surface area contributed by atoms with Gasteiger partial charge in [0.25, 0.3) is 0 Å². The lowest BCUT2D eigenvalue weighted by Gasteiger charge is -2.35. The van der Waals surface area contributed by atoms with E-state index in [4.69, 9.17) is 14.5 Å². The first-order chi connectivity index (χ1) is 23.8. The number of nitrogens with zero attached hydrogens (tertiary/aromatic N) is 2. The molecule has 51 heavy (non-hydrogen) atoms. The van der Waals surface area contributed by atoms with Crippen LogP contribution in [0.4, 0.5) is 4.79 Å². The molecule has 5 atom stereocenters. The van der Waals surface area contributed by atoms with Crippen LogP contribution in [0.5, 0.6) is 5.75 Å². The summed E-state index contributed by atoms with van der Waals surface area (Å²) in [4.78, 5) is 71.4. The maximum absolute atomic E-state index is 14.4. The van der Waals surface area contributed by atoms with E-state index in [0.29, 0.717) is 22.3 Å². The van der Waals surface area contributed by atoms with Crippen LogP contribution in [-0.2, 0) is 19.1 Å². The van der Waals surface area contributed by atoms with Gasteiger partial charge in [0.1, 0.15) is 35.1 Å². The third-order valence-corrected chi connectivity index (χ3v) is 9.03. The van der Waals surface area contributed by atoms with Gasteiger partial charge in [-0.25, -0.2) is 19.4 Å². The average Bonchev–Trinajstić information content (AvgIpc) is 3.61. The Bertz CT molecular complexity index is 1880. The molecule has 13 nitrogen and oxygen atoms in total. The lowest BCUT2D eigenvalue weighted by molar-refractivity contribution is -0.146. The van der Waals surface area contributed by atoms with Crippen molar-refractivity contribution in [2.24, 2.45) is 11.3 Å². The van der Waals surface area contributed by atoms with Crippen LogP contribution >= 0.6 is 0 Å². The number of carboxylic acids is 2. The predicted molar refractivity (Wildman–Crippen MR) is 188 cm³/mol. The quantitative estimate of drug-likeness (QED) is 0.209. The molecule has 4 N–H and O–H groups in total. The van der Waals surface area contributed by atoms with Gasteiger partial charge in [0.05, 0.1) is 23.3 Å². The number of alkyl carbamates (subject to hydrolysis) is 1. The number of fused-ring (bicyclic) bond motifs is 1. The molecule has 0 radical (unpaired) electrons. The Labute approximate surface area is 296 Å². The van der Waals surface area contributed by atoms with E-state index in [-0.39, 0.29) is 24.9 Å². The fourth-order valence-electron chi connectivity index (χ4n) is 6.30. The molecule has 13 heteroatoms. The number of amides is 3. The molecule has 0 spiro atoms. The molecule has 2 fully saturated rings. The minimum Gasteiger partial charge on any atom is -0.488 e. The van der Waals surface area contributed by atoms with Gasteiger partial charge in [-0.3, -0.25) is 9.59 Å².